The third-order valence-corrected chi connectivity index (χ3v) is 4.14. The molecule has 7 nitrogen and oxygen atoms in total. The molecule has 1 aromatic heterocycles. The van der Waals surface area contributed by atoms with E-state index in [2.05, 4.69) is 10.3 Å². The van der Waals surface area contributed by atoms with Gasteiger partial charge >= 0.3 is 0 Å². The Bertz CT molecular complexity index is 724. The molecule has 1 unspecified atom stereocenters. The number of carbonyl (C=O) groups is 1. The van der Waals surface area contributed by atoms with E-state index in [-0.39, 0.29) is 36.5 Å². The molecular weight excluding hydrogens is 344 g/mol. The maximum atomic E-state index is 12.7. The van der Waals surface area contributed by atoms with Crippen molar-refractivity contribution < 1.29 is 9.72 Å². The van der Waals surface area contributed by atoms with Crippen molar-refractivity contribution in [2.24, 2.45) is 0 Å². The van der Waals surface area contributed by atoms with Crippen LogP contribution in [0.15, 0.2) is 48.8 Å². The molecule has 0 aliphatic carbocycles. The lowest BCUT2D eigenvalue weighted by atomic mass is 10.0. The molecule has 1 N–H and O–H groups in total. The lowest BCUT2D eigenvalue weighted by Gasteiger charge is -2.36. The molecule has 1 aliphatic rings. The minimum absolute atomic E-state index is 0. The van der Waals surface area contributed by atoms with Crippen molar-refractivity contribution in [3.63, 3.8) is 0 Å². The second-order valence-electron chi connectivity index (χ2n) is 5.69. The number of nitrogens with one attached hydrogen (secondary N) is 1. The maximum Gasteiger partial charge on any atom is 0.269 e. The summed E-state index contributed by atoms with van der Waals surface area (Å²) in [5.74, 6) is 0.0132. The average Bonchev–Trinajstić information content (AvgIpc) is 2.63. The van der Waals surface area contributed by atoms with Gasteiger partial charge in [0, 0.05) is 44.2 Å². The number of non-ortho nitro benzene ring substituents is 1. The van der Waals surface area contributed by atoms with Crippen LogP contribution in [0.3, 0.4) is 0 Å². The molecule has 0 saturated carbocycles. The SMILES string of the molecule is Cl.O=C(Cc1ccc([N+](=O)[O-])cc1)N1CCNCC1c1cccnc1. The lowest BCUT2D eigenvalue weighted by Crippen LogP contribution is -2.49. The molecule has 132 valence electrons. The fourth-order valence-electron chi connectivity index (χ4n) is 2.89. The standard InChI is InChI=1S/C17H18N4O3.ClH/c22-17(10-13-3-5-15(6-4-13)21(23)24)20-9-8-19-12-16(20)14-2-1-7-18-11-14;/h1-7,11,16,19H,8-10,12H2;1H. The zero-order valence-electron chi connectivity index (χ0n) is 13.5. The van der Waals surface area contributed by atoms with Crippen LogP contribution in [-0.4, -0.2) is 40.3 Å². The zero-order valence-corrected chi connectivity index (χ0v) is 14.3. The fourth-order valence-corrected chi connectivity index (χ4v) is 2.89. The number of carbonyl (C=O) groups excluding carboxylic acids is 1. The summed E-state index contributed by atoms with van der Waals surface area (Å²) < 4.78 is 0. The van der Waals surface area contributed by atoms with E-state index in [4.69, 9.17) is 0 Å². The summed E-state index contributed by atoms with van der Waals surface area (Å²) in [6, 6.07) is 9.92. The molecule has 2 heterocycles. The highest BCUT2D eigenvalue weighted by molar-refractivity contribution is 5.85. The molecule has 3 rings (SSSR count). The molecule has 1 fully saturated rings. The number of nitro groups is 1. The number of nitrogens with zero attached hydrogens (tertiary/aromatic N) is 3. The Morgan fingerprint density at radius 1 is 1.32 bits per heavy atom. The second kappa shape index (κ2) is 8.55. The first kappa shape index (κ1) is 18.8. The van der Waals surface area contributed by atoms with Crippen LogP contribution in [0.2, 0.25) is 0 Å². The monoisotopic (exact) mass is 362 g/mol. The molecule has 1 atom stereocenters. The van der Waals surface area contributed by atoms with Crippen molar-refractivity contribution in [3.8, 4) is 0 Å². The zero-order chi connectivity index (χ0) is 16.9. The Hall–Kier alpha value is -2.51. The van der Waals surface area contributed by atoms with Crippen molar-refractivity contribution in [1.82, 2.24) is 15.2 Å². The number of piperazine rings is 1. The van der Waals surface area contributed by atoms with Crippen LogP contribution >= 0.6 is 12.4 Å². The predicted molar refractivity (Wildman–Crippen MR) is 95.6 cm³/mol. The highest BCUT2D eigenvalue weighted by Gasteiger charge is 2.27. The number of benzene rings is 1. The number of aromatic nitrogens is 1. The van der Waals surface area contributed by atoms with E-state index in [0.29, 0.717) is 13.1 Å². The van der Waals surface area contributed by atoms with Crippen molar-refractivity contribution in [2.75, 3.05) is 19.6 Å². The summed E-state index contributed by atoms with van der Waals surface area (Å²) in [4.78, 5) is 29.0. The Labute approximate surface area is 151 Å². The van der Waals surface area contributed by atoms with E-state index in [1.807, 2.05) is 17.0 Å². The van der Waals surface area contributed by atoms with Gasteiger partial charge in [-0.15, -0.1) is 12.4 Å². The molecule has 0 spiro atoms. The average molecular weight is 363 g/mol. The first-order chi connectivity index (χ1) is 11.6. The number of rotatable bonds is 4. The predicted octanol–water partition coefficient (Wildman–Crippen LogP) is 2.13. The van der Waals surface area contributed by atoms with Gasteiger partial charge in [0.2, 0.25) is 5.91 Å². The molecule has 0 radical (unpaired) electrons. The van der Waals surface area contributed by atoms with Crippen LogP contribution in [0, 0.1) is 10.1 Å². The van der Waals surface area contributed by atoms with E-state index in [9.17, 15) is 14.9 Å². The van der Waals surface area contributed by atoms with E-state index >= 15 is 0 Å². The summed E-state index contributed by atoms with van der Waals surface area (Å²) in [6.45, 7) is 2.08. The number of nitro benzene ring substituents is 1. The van der Waals surface area contributed by atoms with Gasteiger partial charge < -0.3 is 10.2 Å². The smallest absolute Gasteiger partial charge is 0.269 e. The largest absolute Gasteiger partial charge is 0.333 e. The van der Waals surface area contributed by atoms with Crippen LogP contribution in [0.1, 0.15) is 17.2 Å². The second-order valence-corrected chi connectivity index (χ2v) is 5.69. The third kappa shape index (κ3) is 4.52. The Balaban J connectivity index is 0.00000225. The quantitative estimate of drug-likeness (QED) is 0.664. The number of halogens is 1. The molecule has 1 aliphatic heterocycles. The summed E-state index contributed by atoms with van der Waals surface area (Å²) in [7, 11) is 0. The maximum absolute atomic E-state index is 12.7. The van der Waals surface area contributed by atoms with Gasteiger partial charge in [-0.3, -0.25) is 19.9 Å². The molecule has 8 heteroatoms. The molecule has 2 aromatic rings. The minimum Gasteiger partial charge on any atom is -0.333 e. The normalized spacial score (nSPS) is 16.8. The fraction of sp³-hybridized carbons (Fsp3) is 0.294. The van der Waals surface area contributed by atoms with Gasteiger partial charge in [-0.1, -0.05) is 18.2 Å². The van der Waals surface area contributed by atoms with Crippen LogP contribution in [0.4, 0.5) is 5.69 Å². The summed E-state index contributed by atoms with van der Waals surface area (Å²) in [5.41, 5.74) is 1.80. The highest BCUT2D eigenvalue weighted by Crippen LogP contribution is 2.22. The van der Waals surface area contributed by atoms with Crippen LogP contribution in [0.25, 0.3) is 0 Å². The van der Waals surface area contributed by atoms with Crippen LogP contribution in [0.5, 0.6) is 0 Å². The minimum atomic E-state index is -0.444. The lowest BCUT2D eigenvalue weighted by molar-refractivity contribution is -0.384. The van der Waals surface area contributed by atoms with Gasteiger partial charge in [-0.05, 0) is 17.2 Å². The van der Waals surface area contributed by atoms with E-state index < -0.39 is 4.92 Å². The Kier molecular flexibility index (Phi) is 6.44. The van der Waals surface area contributed by atoms with E-state index in [1.165, 1.54) is 12.1 Å². The van der Waals surface area contributed by atoms with Crippen molar-refractivity contribution in [3.05, 3.63) is 70.0 Å². The molecular formula is C17H19ClN4O3. The van der Waals surface area contributed by atoms with Gasteiger partial charge in [0.25, 0.3) is 5.69 Å². The highest BCUT2D eigenvalue weighted by atomic mass is 35.5. The van der Waals surface area contributed by atoms with Crippen molar-refractivity contribution >= 4 is 24.0 Å². The molecule has 1 amide bonds. The van der Waals surface area contributed by atoms with E-state index in [1.54, 1.807) is 24.5 Å². The van der Waals surface area contributed by atoms with Crippen LogP contribution in [-0.2, 0) is 11.2 Å². The summed E-state index contributed by atoms with van der Waals surface area (Å²) >= 11 is 0. The van der Waals surface area contributed by atoms with Gasteiger partial charge in [-0.25, -0.2) is 0 Å². The molecule has 1 saturated heterocycles. The Morgan fingerprint density at radius 2 is 2.08 bits per heavy atom. The van der Waals surface area contributed by atoms with Crippen LogP contribution < -0.4 is 5.32 Å². The number of pyridine rings is 1. The third-order valence-electron chi connectivity index (χ3n) is 4.14. The van der Waals surface area contributed by atoms with Gasteiger partial charge in [0.05, 0.1) is 17.4 Å². The van der Waals surface area contributed by atoms with Crippen molar-refractivity contribution in [2.45, 2.75) is 12.5 Å². The Morgan fingerprint density at radius 3 is 2.72 bits per heavy atom. The van der Waals surface area contributed by atoms with E-state index in [0.717, 1.165) is 17.7 Å². The van der Waals surface area contributed by atoms with Gasteiger partial charge in [0.15, 0.2) is 0 Å². The van der Waals surface area contributed by atoms with Gasteiger partial charge in [-0.2, -0.15) is 0 Å². The number of amides is 1. The molecule has 1 aromatic carbocycles. The van der Waals surface area contributed by atoms with Crippen molar-refractivity contribution in [1.29, 1.82) is 0 Å². The first-order valence-corrected chi connectivity index (χ1v) is 7.78. The summed E-state index contributed by atoms with van der Waals surface area (Å²) in [5, 5.41) is 14.0. The number of hydrogen-bond acceptors (Lipinski definition) is 5. The molecule has 0 bridgehead atoms. The number of hydrogen-bond donors (Lipinski definition) is 1. The first-order valence-electron chi connectivity index (χ1n) is 7.78. The molecule has 25 heavy (non-hydrogen) atoms. The van der Waals surface area contributed by atoms with Gasteiger partial charge in [0.1, 0.15) is 0 Å². The summed E-state index contributed by atoms with van der Waals surface area (Å²) in [6.07, 6.45) is 3.72. The topological polar surface area (TPSA) is 88.4 Å².